The molecule has 14 heavy (non-hydrogen) atoms. The third-order valence-corrected chi connectivity index (χ3v) is 4.53. The maximum Gasteiger partial charge on any atom is 0.186 e. The van der Waals surface area contributed by atoms with Crippen molar-refractivity contribution in [1.29, 1.82) is 0 Å². The molecule has 2 fully saturated rings. The van der Waals surface area contributed by atoms with E-state index in [0.717, 1.165) is 17.8 Å². The standard InChI is InChI=1S/C10H13ClN2S/c11-5-7-6-14-10(12-7)13-8-1-2-9(13)4-3-8/h6,8-9H,1-5H2. The number of anilines is 1. The maximum absolute atomic E-state index is 5.76. The Kier molecular flexibility index (Phi) is 2.17. The first-order valence-electron chi connectivity index (χ1n) is 5.17. The van der Waals surface area contributed by atoms with Gasteiger partial charge in [0.25, 0.3) is 0 Å². The summed E-state index contributed by atoms with van der Waals surface area (Å²) >= 11 is 7.51. The lowest BCUT2D eigenvalue weighted by atomic mass is 10.0. The van der Waals surface area contributed by atoms with Crippen molar-refractivity contribution in [3.05, 3.63) is 11.1 Å². The van der Waals surface area contributed by atoms with E-state index < -0.39 is 0 Å². The minimum Gasteiger partial charge on any atom is -0.342 e. The molecule has 0 spiro atoms. The first-order valence-corrected chi connectivity index (χ1v) is 6.58. The molecule has 0 amide bonds. The lowest BCUT2D eigenvalue weighted by Gasteiger charge is -2.20. The number of aromatic nitrogens is 1. The number of halogens is 1. The van der Waals surface area contributed by atoms with Crippen molar-refractivity contribution in [3.8, 4) is 0 Å². The third kappa shape index (κ3) is 1.26. The Morgan fingerprint density at radius 1 is 1.36 bits per heavy atom. The van der Waals surface area contributed by atoms with Crippen molar-refractivity contribution >= 4 is 28.1 Å². The van der Waals surface area contributed by atoms with Crippen LogP contribution in [0.3, 0.4) is 0 Å². The molecule has 1 aromatic rings. The highest BCUT2D eigenvalue weighted by molar-refractivity contribution is 7.13. The van der Waals surface area contributed by atoms with E-state index in [4.69, 9.17) is 11.6 Å². The third-order valence-electron chi connectivity index (χ3n) is 3.35. The Labute approximate surface area is 92.9 Å². The zero-order valence-electron chi connectivity index (χ0n) is 7.95. The Hall–Kier alpha value is -0.280. The summed E-state index contributed by atoms with van der Waals surface area (Å²) in [5, 5.41) is 3.28. The van der Waals surface area contributed by atoms with Crippen LogP contribution in [0.4, 0.5) is 5.13 Å². The molecule has 0 radical (unpaired) electrons. The fourth-order valence-corrected chi connectivity index (χ4v) is 3.90. The van der Waals surface area contributed by atoms with Gasteiger partial charge in [-0.15, -0.1) is 22.9 Å². The number of nitrogens with zero attached hydrogens (tertiary/aromatic N) is 2. The summed E-state index contributed by atoms with van der Waals surface area (Å²) in [5.41, 5.74) is 1.03. The van der Waals surface area contributed by atoms with Crippen LogP contribution in [-0.2, 0) is 5.88 Å². The van der Waals surface area contributed by atoms with Crippen LogP contribution in [0.25, 0.3) is 0 Å². The van der Waals surface area contributed by atoms with E-state index in [9.17, 15) is 0 Å². The number of hydrogen-bond acceptors (Lipinski definition) is 3. The fourth-order valence-electron chi connectivity index (χ4n) is 2.70. The topological polar surface area (TPSA) is 16.1 Å². The van der Waals surface area contributed by atoms with Gasteiger partial charge in [0.05, 0.1) is 11.6 Å². The Morgan fingerprint density at radius 2 is 2.00 bits per heavy atom. The van der Waals surface area contributed by atoms with E-state index in [1.54, 1.807) is 11.3 Å². The van der Waals surface area contributed by atoms with Crippen LogP contribution in [0, 0.1) is 0 Å². The van der Waals surface area contributed by atoms with E-state index in [-0.39, 0.29) is 0 Å². The normalized spacial score (nSPS) is 30.2. The molecule has 2 nitrogen and oxygen atoms in total. The van der Waals surface area contributed by atoms with Crippen LogP contribution < -0.4 is 4.90 Å². The molecule has 4 heteroatoms. The highest BCUT2D eigenvalue weighted by atomic mass is 35.5. The van der Waals surface area contributed by atoms with E-state index in [1.165, 1.54) is 30.8 Å². The molecule has 3 rings (SSSR count). The van der Waals surface area contributed by atoms with Crippen molar-refractivity contribution in [1.82, 2.24) is 4.98 Å². The monoisotopic (exact) mass is 228 g/mol. The van der Waals surface area contributed by atoms with Crippen LogP contribution in [0.2, 0.25) is 0 Å². The van der Waals surface area contributed by atoms with Gasteiger partial charge in [-0.3, -0.25) is 0 Å². The highest BCUT2D eigenvalue weighted by Gasteiger charge is 2.40. The lowest BCUT2D eigenvalue weighted by molar-refractivity contribution is 0.576. The average Bonchev–Trinajstić information content (AvgIpc) is 2.91. The second kappa shape index (κ2) is 3.38. The van der Waals surface area contributed by atoms with E-state index in [1.807, 2.05) is 0 Å². The molecule has 0 atom stereocenters. The molecular weight excluding hydrogens is 216 g/mol. The summed E-state index contributed by atoms with van der Waals surface area (Å²) in [6.45, 7) is 0. The smallest absolute Gasteiger partial charge is 0.186 e. The zero-order valence-corrected chi connectivity index (χ0v) is 9.52. The molecule has 0 aromatic carbocycles. The van der Waals surface area contributed by atoms with Crippen molar-refractivity contribution in [2.24, 2.45) is 0 Å². The molecule has 2 bridgehead atoms. The summed E-state index contributed by atoms with van der Waals surface area (Å²) < 4.78 is 0. The van der Waals surface area contributed by atoms with Gasteiger partial charge in [-0.2, -0.15) is 0 Å². The molecule has 0 saturated carbocycles. The van der Waals surface area contributed by atoms with Crippen molar-refractivity contribution < 1.29 is 0 Å². The van der Waals surface area contributed by atoms with E-state index >= 15 is 0 Å². The van der Waals surface area contributed by atoms with Crippen LogP contribution in [0.5, 0.6) is 0 Å². The number of fused-ring (bicyclic) bond motifs is 2. The SMILES string of the molecule is ClCc1csc(N2C3CCC2CC3)n1. The quantitative estimate of drug-likeness (QED) is 0.724. The first-order chi connectivity index (χ1) is 6.88. The molecule has 2 aliphatic heterocycles. The summed E-state index contributed by atoms with van der Waals surface area (Å²) in [5.74, 6) is 0.541. The molecule has 2 saturated heterocycles. The Balaban J connectivity index is 1.88. The van der Waals surface area contributed by atoms with Gasteiger partial charge in [0, 0.05) is 17.5 Å². The summed E-state index contributed by atoms with van der Waals surface area (Å²) in [7, 11) is 0. The molecule has 1 aromatic heterocycles. The number of hydrogen-bond donors (Lipinski definition) is 0. The summed E-state index contributed by atoms with van der Waals surface area (Å²) in [4.78, 5) is 7.09. The van der Waals surface area contributed by atoms with Gasteiger partial charge in [-0.1, -0.05) is 0 Å². The Morgan fingerprint density at radius 3 is 2.50 bits per heavy atom. The highest BCUT2D eigenvalue weighted by Crippen LogP contribution is 2.41. The van der Waals surface area contributed by atoms with E-state index in [2.05, 4.69) is 15.3 Å². The Bertz CT molecular complexity index is 319. The molecule has 76 valence electrons. The van der Waals surface area contributed by atoms with Gasteiger partial charge in [0.2, 0.25) is 0 Å². The molecule has 0 N–H and O–H groups in total. The molecule has 2 aliphatic rings. The van der Waals surface area contributed by atoms with Gasteiger partial charge in [-0.25, -0.2) is 4.98 Å². The van der Waals surface area contributed by atoms with Gasteiger partial charge >= 0.3 is 0 Å². The summed E-state index contributed by atoms with van der Waals surface area (Å²) in [6.07, 6.45) is 5.45. The fraction of sp³-hybridized carbons (Fsp3) is 0.700. The van der Waals surface area contributed by atoms with Crippen molar-refractivity contribution in [3.63, 3.8) is 0 Å². The zero-order chi connectivity index (χ0) is 9.54. The van der Waals surface area contributed by atoms with Crippen LogP contribution >= 0.6 is 22.9 Å². The van der Waals surface area contributed by atoms with Gasteiger partial charge in [-0.05, 0) is 25.7 Å². The average molecular weight is 229 g/mol. The minimum atomic E-state index is 0.541. The second-order valence-corrected chi connectivity index (χ2v) is 5.23. The molecule has 0 unspecified atom stereocenters. The molecular formula is C10H13ClN2S. The van der Waals surface area contributed by atoms with Crippen LogP contribution in [-0.4, -0.2) is 17.1 Å². The maximum atomic E-state index is 5.76. The summed E-state index contributed by atoms with van der Waals surface area (Å²) in [6, 6.07) is 1.55. The van der Waals surface area contributed by atoms with Gasteiger partial charge in [0.15, 0.2) is 5.13 Å². The van der Waals surface area contributed by atoms with Crippen molar-refractivity contribution in [2.45, 2.75) is 43.6 Å². The van der Waals surface area contributed by atoms with Crippen LogP contribution in [0.1, 0.15) is 31.4 Å². The predicted octanol–water partition coefficient (Wildman–Crippen LogP) is 3.01. The second-order valence-electron chi connectivity index (χ2n) is 4.12. The first kappa shape index (κ1) is 8.98. The van der Waals surface area contributed by atoms with Crippen molar-refractivity contribution in [2.75, 3.05) is 4.90 Å². The largest absolute Gasteiger partial charge is 0.342 e. The lowest BCUT2D eigenvalue weighted by Crippen LogP contribution is -2.27. The molecule has 3 heterocycles. The van der Waals surface area contributed by atoms with Gasteiger partial charge < -0.3 is 4.90 Å². The number of rotatable bonds is 2. The molecule has 0 aliphatic carbocycles. The predicted molar refractivity (Wildman–Crippen MR) is 60.2 cm³/mol. The van der Waals surface area contributed by atoms with Crippen LogP contribution in [0.15, 0.2) is 5.38 Å². The van der Waals surface area contributed by atoms with Gasteiger partial charge in [0.1, 0.15) is 0 Å². The number of alkyl halides is 1. The minimum absolute atomic E-state index is 0.541. The van der Waals surface area contributed by atoms with E-state index in [0.29, 0.717) is 5.88 Å². The number of thiazole rings is 1.